The average molecular weight is 367 g/mol. The van der Waals surface area contributed by atoms with Crippen LogP contribution in [0.2, 0.25) is 0 Å². The molecule has 1 atom stereocenters. The van der Waals surface area contributed by atoms with Gasteiger partial charge in [0.15, 0.2) is 0 Å². The molecule has 1 aliphatic heterocycles. The van der Waals surface area contributed by atoms with Crippen molar-refractivity contribution in [3.63, 3.8) is 0 Å². The van der Waals surface area contributed by atoms with Crippen molar-refractivity contribution in [1.82, 2.24) is 4.57 Å². The molecule has 1 aromatic heterocycles. The van der Waals surface area contributed by atoms with E-state index in [4.69, 9.17) is 4.74 Å². The van der Waals surface area contributed by atoms with E-state index in [1.807, 2.05) is 6.07 Å². The molecule has 1 fully saturated rings. The zero-order valence-corrected chi connectivity index (χ0v) is 15.3. The van der Waals surface area contributed by atoms with Gasteiger partial charge in [-0.1, -0.05) is 0 Å². The molecule has 2 N–H and O–H groups in total. The van der Waals surface area contributed by atoms with Gasteiger partial charge in [-0.25, -0.2) is 0 Å². The topological polar surface area (TPSA) is 108 Å². The van der Waals surface area contributed by atoms with Crippen LogP contribution in [0.3, 0.4) is 0 Å². The Morgan fingerprint density at radius 3 is 2.81 bits per heavy atom. The van der Waals surface area contributed by atoms with E-state index in [2.05, 4.69) is 4.99 Å². The molecule has 0 unspecified atom stereocenters. The highest BCUT2D eigenvalue weighted by molar-refractivity contribution is 5.87. The Kier molecular flexibility index (Phi) is 5.28. The van der Waals surface area contributed by atoms with Crippen LogP contribution in [-0.4, -0.2) is 33.7 Å². The number of hydrogen-bond donors (Lipinski definition) is 2. The van der Waals surface area contributed by atoms with Gasteiger partial charge in [0.05, 0.1) is 23.9 Å². The zero-order chi connectivity index (χ0) is 19.6. The first kappa shape index (κ1) is 18.7. The number of nitrogens with zero attached hydrogens (tertiary/aromatic N) is 3. The van der Waals surface area contributed by atoms with Gasteiger partial charge in [0.1, 0.15) is 17.4 Å². The summed E-state index contributed by atoms with van der Waals surface area (Å²) in [6, 6.07) is 6.69. The van der Waals surface area contributed by atoms with E-state index in [1.54, 1.807) is 26.0 Å². The number of phenolic OH excluding ortho intramolecular Hbond substituents is 1. The molecule has 1 aliphatic rings. The van der Waals surface area contributed by atoms with Crippen LogP contribution in [-0.2, 0) is 11.3 Å². The first-order valence-corrected chi connectivity index (χ1v) is 8.74. The van der Waals surface area contributed by atoms with Gasteiger partial charge in [-0.3, -0.25) is 14.4 Å². The molecule has 27 heavy (non-hydrogen) atoms. The summed E-state index contributed by atoms with van der Waals surface area (Å²) in [7, 11) is 0. The maximum absolute atomic E-state index is 12.6. The number of phenols is 1. The Bertz CT molecular complexity index is 996. The lowest BCUT2D eigenvalue weighted by Crippen LogP contribution is -2.29. The SMILES string of the molecule is Cc1cc(O)ccc1N=Cc1c(C)c(C#N)c(=O)n(C[C@H]2CCCO2)c1O. The van der Waals surface area contributed by atoms with E-state index in [9.17, 15) is 20.3 Å². The van der Waals surface area contributed by atoms with Gasteiger partial charge in [-0.05, 0) is 56.0 Å². The molecule has 140 valence electrons. The number of aliphatic imine (C=N–C) groups is 1. The molecule has 0 bridgehead atoms. The second-order valence-corrected chi connectivity index (χ2v) is 6.63. The lowest BCUT2D eigenvalue weighted by atomic mass is 10.1. The van der Waals surface area contributed by atoms with Gasteiger partial charge in [-0.2, -0.15) is 5.26 Å². The molecule has 0 radical (unpaired) electrons. The van der Waals surface area contributed by atoms with Crippen LogP contribution >= 0.6 is 0 Å². The number of rotatable bonds is 4. The first-order valence-electron chi connectivity index (χ1n) is 8.74. The summed E-state index contributed by atoms with van der Waals surface area (Å²) < 4.78 is 6.74. The van der Waals surface area contributed by atoms with Crippen LogP contribution in [0.25, 0.3) is 0 Å². The zero-order valence-electron chi connectivity index (χ0n) is 15.3. The molecule has 3 rings (SSSR count). The maximum Gasteiger partial charge on any atom is 0.271 e. The molecule has 7 heteroatoms. The van der Waals surface area contributed by atoms with Crippen molar-refractivity contribution in [2.45, 2.75) is 39.3 Å². The quantitative estimate of drug-likeness (QED) is 0.808. The molecule has 0 amide bonds. The van der Waals surface area contributed by atoms with E-state index in [0.29, 0.717) is 23.4 Å². The van der Waals surface area contributed by atoms with E-state index < -0.39 is 5.56 Å². The number of hydrogen-bond acceptors (Lipinski definition) is 6. The predicted molar refractivity (Wildman–Crippen MR) is 101 cm³/mol. The van der Waals surface area contributed by atoms with Crippen LogP contribution in [0, 0.1) is 25.2 Å². The number of aromatic nitrogens is 1. The summed E-state index contributed by atoms with van der Waals surface area (Å²) >= 11 is 0. The Labute approximate surface area is 156 Å². The van der Waals surface area contributed by atoms with Crippen molar-refractivity contribution in [3.05, 3.63) is 50.8 Å². The van der Waals surface area contributed by atoms with Crippen molar-refractivity contribution < 1.29 is 14.9 Å². The van der Waals surface area contributed by atoms with Crippen molar-refractivity contribution >= 4 is 11.9 Å². The standard InChI is InChI=1S/C20H21N3O4/c1-12-8-14(24)5-6-18(12)22-10-17-13(2)16(9-21)19(25)23(20(17)26)11-15-4-3-7-27-15/h5-6,8,10,15,24,26H,3-4,7,11H2,1-2H3/t15-/m1/s1. The fourth-order valence-electron chi connectivity index (χ4n) is 3.21. The maximum atomic E-state index is 12.6. The number of benzene rings is 1. The molecule has 0 aliphatic carbocycles. The van der Waals surface area contributed by atoms with Crippen LogP contribution in [0.4, 0.5) is 5.69 Å². The van der Waals surface area contributed by atoms with Crippen molar-refractivity contribution in [1.29, 1.82) is 5.26 Å². The largest absolute Gasteiger partial charge is 0.508 e. The van der Waals surface area contributed by atoms with Crippen LogP contribution in [0.5, 0.6) is 11.6 Å². The van der Waals surface area contributed by atoms with Gasteiger partial charge < -0.3 is 14.9 Å². The minimum Gasteiger partial charge on any atom is -0.508 e. The van der Waals surface area contributed by atoms with Gasteiger partial charge in [0, 0.05) is 12.8 Å². The lowest BCUT2D eigenvalue weighted by Gasteiger charge is -2.17. The molecule has 0 saturated carbocycles. The summed E-state index contributed by atoms with van der Waals surface area (Å²) in [5.41, 5.74) is 1.52. The highest BCUT2D eigenvalue weighted by Gasteiger charge is 2.23. The normalized spacial score (nSPS) is 16.7. The molecule has 1 saturated heterocycles. The summed E-state index contributed by atoms with van der Waals surface area (Å²) in [6.45, 7) is 4.24. The van der Waals surface area contributed by atoms with Crippen LogP contribution in [0.1, 0.15) is 35.1 Å². The van der Waals surface area contributed by atoms with Crippen molar-refractivity contribution in [2.24, 2.45) is 4.99 Å². The summed E-state index contributed by atoms with van der Waals surface area (Å²) in [6.07, 6.45) is 2.99. The van der Waals surface area contributed by atoms with Gasteiger partial charge >= 0.3 is 0 Å². The number of ether oxygens (including phenoxy) is 1. The minimum atomic E-state index is -0.527. The van der Waals surface area contributed by atoms with E-state index in [0.717, 1.165) is 18.4 Å². The molecule has 2 aromatic rings. The third kappa shape index (κ3) is 3.71. The predicted octanol–water partition coefficient (Wildman–Crippen LogP) is 2.68. The van der Waals surface area contributed by atoms with E-state index in [1.165, 1.54) is 16.8 Å². The monoisotopic (exact) mass is 367 g/mol. The number of pyridine rings is 1. The summed E-state index contributed by atoms with van der Waals surface area (Å²) in [5, 5.41) is 29.6. The van der Waals surface area contributed by atoms with Gasteiger partial charge in [0.25, 0.3) is 5.56 Å². The first-order chi connectivity index (χ1) is 12.9. The highest BCUT2D eigenvalue weighted by atomic mass is 16.5. The number of aromatic hydroxyl groups is 2. The Morgan fingerprint density at radius 2 is 2.19 bits per heavy atom. The molecule has 0 spiro atoms. The third-order valence-electron chi connectivity index (χ3n) is 4.77. The number of aryl methyl sites for hydroxylation is 1. The van der Waals surface area contributed by atoms with Crippen LogP contribution in [0.15, 0.2) is 28.0 Å². The third-order valence-corrected chi connectivity index (χ3v) is 4.77. The second kappa shape index (κ2) is 7.64. The van der Waals surface area contributed by atoms with Crippen LogP contribution < -0.4 is 5.56 Å². The van der Waals surface area contributed by atoms with Crippen molar-refractivity contribution in [2.75, 3.05) is 6.61 Å². The fraction of sp³-hybridized carbons (Fsp3) is 0.350. The van der Waals surface area contributed by atoms with E-state index >= 15 is 0 Å². The Balaban J connectivity index is 2.07. The fourth-order valence-corrected chi connectivity index (χ4v) is 3.21. The molecular formula is C20H21N3O4. The highest BCUT2D eigenvalue weighted by Crippen LogP contribution is 2.26. The lowest BCUT2D eigenvalue weighted by molar-refractivity contribution is 0.0938. The molecule has 7 nitrogen and oxygen atoms in total. The summed E-state index contributed by atoms with van der Waals surface area (Å²) in [5.74, 6) is -0.0884. The molecule has 1 aromatic carbocycles. The minimum absolute atomic E-state index is 0.0188. The van der Waals surface area contributed by atoms with Crippen molar-refractivity contribution in [3.8, 4) is 17.7 Å². The summed E-state index contributed by atoms with van der Waals surface area (Å²) in [4.78, 5) is 17.0. The Morgan fingerprint density at radius 1 is 1.41 bits per heavy atom. The average Bonchev–Trinajstić information content (AvgIpc) is 3.14. The van der Waals surface area contributed by atoms with Gasteiger partial charge in [0.2, 0.25) is 5.88 Å². The van der Waals surface area contributed by atoms with Gasteiger partial charge in [-0.15, -0.1) is 0 Å². The molecule has 2 heterocycles. The second-order valence-electron chi connectivity index (χ2n) is 6.63. The number of nitriles is 1. The smallest absolute Gasteiger partial charge is 0.271 e. The van der Waals surface area contributed by atoms with E-state index in [-0.39, 0.29) is 29.8 Å². The molecular weight excluding hydrogens is 346 g/mol. The Hall–Kier alpha value is -3.11.